The molecule has 1 atom stereocenters. The smallest absolute Gasteiger partial charge is 0.412 e. The van der Waals surface area contributed by atoms with E-state index in [1.54, 1.807) is 32.9 Å². The molecule has 12 heteroatoms. The number of aldehydes is 1. The zero-order valence-electron chi connectivity index (χ0n) is 17.9. The van der Waals surface area contributed by atoms with E-state index < -0.39 is 23.8 Å². The highest BCUT2D eigenvalue weighted by Crippen LogP contribution is 2.42. The normalized spacial score (nSPS) is 12.4. The third-order valence-electron chi connectivity index (χ3n) is 4.29. The molecule has 0 unspecified atom stereocenters. The van der Waals surface area contributed by atoms with Crippen LogP contribution in [0.25, 0.3) is 10.2 Å². The Labute approximate surface area is 203 Å². The Bertz CT molecular complexity index is 1170. The van der Waals surface area contributed by atoms with E-state index in [0.29, 0.717) is 27.1 Å². The van der Waals surface area contributed by atoms with Gasteiger partial charge in [0, 0.05) is 17.4 Å². The third kappa shape index (κ3) is 6.16. The summed E-state index contributed by atoms with van der Waals surface area (Å²) in [4.78, 5) is 41.5. The number of furan rings is 1. The van der Waals surface area contributed by atoms with E-state index in [4.69, 9.17) is 32.4 Å². The maximum atomic E-state index is 12.1. The maximum Gasteiger partial charge on any atom is 0.412 e. The van der Waals surface area contributed by atoms with Gasteiger partial charge in [0.1, 0.15) is 28.3 Å². The van der Waals surface area contributed by atoms with Crippen molar-refractivity contribution in [1.29, 1.82) is 0 Å². The van der Waals surface area contributed by atoms with Crippen molar-refractivity contribution in [2.24, 2.45) is 0 Å². The summed E-state index contributed by atoms with van der Waals surface area (Å²) in [6.07, 6.45) is 0.117. The molecule has 2 amide bonds. The topological polar surface area (TPSA) is 122 Å². The van der Waals surface area contributed by atoms with E-state index >= 15 is 0 Å². The van der Waals surface area contributed by atoms with Gasteiger partial charge in [-0.3, -0.25) is 4.90 Å². The minimum Gasteiger partial charge on any atom is -0.467 e. The van der Waals surface area contributed by atoms with Gasteiger partial charge in [-0.15, -0.1) is 11.3 Å². The van der Waals surface area contributed by atoms with Crippen LogP contribution in [0.3, 0.4) is 0 Å². The number of ether oxygens (including phenoxy) is 1. The highest BCUT2D eigenvalue weighted by molar-refractivity contribution is 7.20. The zero-order chi connectivity index (χ0) is 24.3. The first-order valence-corrected chi connectivity index (χ1v) is 11.3. The number of carbonyl (C=O) groups excluding carboxylic acids is 2. The summed E-state index contributed by atoms with van der Waals surface area (Å²) >= 11 is 13.8. The van der Waals surface area contributed by atoms with Gasteiger partial charge in [0.2, 0.25) is 0 Å². The fraction of sp³-hybridized carbons (Fsp3) is 0.333. The van der Waals surface area contributed by atoms with Crippen LogP contribution in [0.2, 0.25) is 10.2 Å². The summed E-state index contributed by atoms with van der Waals surface area (Å²) in [5.41, 5.74) is -0.155. The van der Waals surface area contributed by atoms with Crippen LogP contribution in [0.15, 0.2) is 28.9 Å². The van der Waals surface area contributed by atoms with Gasteiger partial charge in [0.05, 0.1) is 34.3 Å². The number of nitrogens with one attached hydrogen (secondary N) is 1. The number of amides is 2. The molecule has 0 aromatic carbocycles. The average molecular weight is 514 g/mol. The number of aromatic nitrogens is 1. The fourth-order valence-electron chi connectivity index (χ4n) is 2.98. The Kier molecular flexibility index (Phi) is 7.51. The second kappa shape index (κ2) is 9.98. The number of fused-ring (bicyclic) bond motifs is 1. The summed E-state index contributed by atoms with van der Waals surface area (Å²) in [5.74, 6) is 0.434. The molecule has 0 saturated heterocycles. The molecule has 0 aliphatic heterocycles. The first kappa shape index (κ1) is 24.8. The molecular weight excluding hydrogens is 493 g/mol. The molecule has 0 radical (unpaired) electrons. The van der Waals surface area contributed by atoms with E-state index in [-0.39, 0.29) is 28.8 Å². The summed E-state index contributed by atoms with van der Waals surface area (Å²) < 4.78 is 10.9. The second-order valence-corrected chi connectivity index (χ2v) is 9.89. The average Bonchev–Trinajstić information content (AvgIpc) is 3.32. The Morgan fingerprint density at radius 1 is 1.39 bits per heavy atom. The Morgan fingerprint density at radius 3 is 2.70 bits per heavy atom. The predicted molar refractivity (Wildman–Crippen MR) is 125 cm³/mol. The largest absolute Gasteiger partial charge is 0.467 e. The number of carbonyl (C=O) groups is 3. The zero-order valence-corrected chi connectivity index (χ0v) is 20.3. The number of hydrogen-bond acceptors (Lipinski definition) is 7. The molecular formula is C21H21Cl2N3O6S. The van der Waals surface area contributed by atoms with Crippen LogP contribution in [0.5, 0.6) is 0 Å². The van der Waals surface area contributed by atoms with Crippen LogP contribution < -0.4 is 10.2 Å². The second-order valence-electron chi connectivity index (χ2n) is 8.02. The number of hydrogen-bond donors (Lipinski definition) is 2. The van der Waals surface area contributed by atoms with Crippen molar-refractivity contribution in [1.82, 2.24) is 10.3 Å². The standard InChI is InChI=1S/C21H21Cl2N3O6S/c1-21(2,3)32-19(28)24-11(10-27)7-14-16(23)17-18(33-14)13(8-15(22)25-17)26(20(29)30)9-12-5-4-6-31-12/h4-6,8,10-11H,7,9H2,1-3H3,(H,24,28)(H,29,30)/t11-/m1/s1. The van der Waals surface area contributed by atoms with E-state index in [9.17, 15) is 19.5 Å². The summed E-state index contributed by atoms with van der Waals surface area (Å²) in [6, 6.07) is 3.82. The van der Waals surface area contributed by atoms with Gasteiger partial charge in [-0.25, -0.2) is 14.6 Å². The lowest BCUT2D eigenvalue weighted by Crippen LogP contribution is -2.41. The number of thiophene rings is 1. The molecule has 0 bridgehead atoms. The number of pyridine rings is 1. The molecule has 0 saturated carbocycles. The highest BCUT2D eigenvalue weighted by Gasteiger charge is 2.26. The minimum atomic E-state index is -1.22. The van der Waals surface area contributed by atoms with Crippen molar-refractivity contribution in [2.45, 2.75) is 45.4 Å². The van der Waals surface area contributed by atoms with E-state index in [2.05, 4.69) is 10.3 Å². The van der Waals surface area contributed by atoms with Crippen molar-refractivity contribution in [3.63, 3.8) is 0 Å². The van der Waals surface area contributed by atoms with Crippen LogP contribution in [-0.2, 0) is 22.5 Å². The number of alkyl carbamates (subject to hydrolysis) is 1. The van der Waals surface area contributed by atoms with Crippen molar-refractivity contribution < 1.29 is 28.6 Å². The van der Waals surface area contributed by atoms with Crippen LogP contribution >= 0.6 is 34.5 Å². The molecule has 33 heavy (non-hydrogen) atoms. The predicted octanol–water partition coefficient (Wildman–Crippen LogP) is 5.52. The van der Waals surface area contributed by atoms with Gasteiger partial charge in [0.15, 0.2) is 0 Å². The Morgan fingerprint density at radius 2 is 2.12 bits per heavy atom. The lowest BCUT2D eigenvalue weighted by Gasteiger charge is -2.21. The fourth-order valence-corrected chi connectivity index (χ4v) is 4.76. The number of halogens is 2. The molecule has 3 heterocycles. The summed E-state index contributed by atoms with van der Waals surface area (Å²) in [5, 5.41) is 12.6. The van der Waals surface area contributed by atoms with Crippen molar-refractivity contribution in [3.05, 3.63) is 45.3 Å². The number of anilines is 1. The quantitative estimate of drug-likeness (QED) is 0.315. The van der Waals surface area contributed by atoms with Gasteiger partial charge in [-0.05, 0) is 32.9 Å². The van der Waals surface area contributed by atoms with Crippen molar-refractivity contribution in [3.8, 4) is 0 Å². The van der Waals surface area contributed by atoms with Crippen LogP contribution in [0.4, 0.5) is 15.3 Å². The van der Waals surface area contributed by atoms with Crippen LogP contribution in [0, 0.1) is 0 Å². The van der Waals surface area contributed by atoms with Gasteiger partial charge in [0.25, 0.3) is 0 Å². The number of rotatable bonds is 7. The van der Waals surface area contributed by atoms with Gasteiger partial charge < -0.3 is 24.4 Å². The molecule has 0 aliphatic carbocycles. The monoisotopic (exact) mass is 513 g/mol. The lowest BCUT2D eigenvalue weighted by atomic mass is 10.2. The van der Waals surface area contributed by atoms with Gasteiger partial charge >= 0.3 is 12.2 Å². The Hall–Kier alpha value is -2.82. The van der Waals surface area contributed by atoms with Gasteiger partial charge in [-0.1, -0.05) is 23.2 Å². The number of carboxylic acid groups (broad SMARTS) is 1. The van der Waals surface area contributed by atoms with E-state index in [0.717, 1.165) is 16.2 Å². The molecule has 2 N–H and O–H groups in total. The third-order valence-corrected chi connectivity index (χ3v) is 6.22. The molecule has 176 valence electrons. The molecule has 3 rings (SSSR count). The van der Waals surface area contributed by atoms with E-state index in [1.165, 1.54) is 12.3 Å². The molecule has 3 aromatic heterocycles. The first-order valence-electron chi connectivity index (χ1n) is 9.73. The maximum absolute atomic E-state index is 12.1. The first-order chi connectivity index (χ1) is 15.5. The number of nitrogens with zero attached hydrogens (tertiary/aromatic N) is 2. The van der Waals surface area contributed by atoms with Crippen LogP contribution in [-0.4, -0.2) is 40.2 Å². The molecule has 9 nitrogen and oxygen atoms in total. The van der Waals surface area contributed by atoms with Gasteiger partial charge in [-0.2, -0.15) is 0 Å². The highest BCUT2D eigenvalue weighted by atomic mass is 35.5. The van der Waals surface area contributed by atoms with E-state index in [1.807, 2.05) is 0 Å². The Balaban J connectivity index is 1.95. The molecule has 0 fully saturated rings. The SMILES string of the molecule is CC(C)(C)OC(=O)N[C@@H](C=O)Cc1sc2c(N(Cc3ccco3)C(=O)O)cc(Cl)nc2c1Cl. The molecule has 0 aliphatic rings. The summed E-state index contributed by atoms with van der Waals surface area (Å²) in [7, 11) is 0. The van der Waals surface area contributed by atoms with Crippen molar-refractivity contribution >= 4 is 68.9 Å². The minimum absolute atomic E-state index is 0.0493. The molecule has 0 spiro atoms. The van der Waals surface area contributed by atoms with Crippen LogP contribution in [0.1, 0.15) is 31.4 Å². The van der Waals surface area contributed by atoms with Crippen molar-refractivity contribution in [2.75, 3.05) is 4.90 Å². The lowest BCUT2D eigenvalue weighted by molar-refractivity contribution is -0.109. The molecule has 3 aromatic rings. The summed E-state index contributed by atoms with van der Waals surface area (Å²) in [6.45, 7) is 5.07.